The second-order valence-electron chi connectivity index (χ2n) is 9.40. The zero-order valence-corrected chi connectivity index (χ0v) is 22.5. The van der Waals surface area contributed by atoms with Crippen molar-refractivity contribution in [1.29, 1.82) is 0 Å². The highest BCUT2D eigenvalue weighted by Gasteiger charge is 2.23. The molecule has 0 radical (unpaired) electrons. The lowest BCUT2D eigenvalue weighted by Gasteiger charge is -2.17. The molecule has 1 atom stereocenters. The summed E-state index contributed by atoms with van der Waals surface area (Å²) in [7, 11) is -2.42. The normalized spacial score (nSPS) is 12.7. The Labute approximate surface area is 206 Å². The number of aromatic nitrogens is 2. The molecule has 33 heavy (non-hydrogen) atoms. The molecule has 0 aliphatic rings. The van der Waals surface area contributed by atoms with Gasteiger partial charge in [0.2, 0.25) is 5.16 Å². The zero-order chi connectivity index (χ0) is 23.7. The van der Waals surface area contributed by atoms with Crippen LogP contribution in [0.5, 0.6) is 0 Å². The monoisotopic (exact) mass is 502 g/mol. The fraction of sp³-hybridized carbons (Fsp3) is 0.423. The summed E-state index contributed by atoms with van der Waals surface area (Å²) in [6, 6.07) is 21.4. The van der Waals surface area contributed by atoms with Gasteiger partial charge in [-0.3, -0.25) is 8.78 Å². The zero-order valence-electron chi connectivity index (χ0n) is 19.9. The van der Waals surface area contributed by atoms with Crippen LogP contribution in [0.3, 0.4) is 0 Å². The van der Waals surface area contributed by atoms with Gasteiger partial charge in [-0.2, -0.15) is 0 Å². The third-order valence-electron chi connectivity index (χ3n) is 5.41. The molecule has 0 bridgehead atoms. The van der Waals surface area contributed by atoms with Crippen LogP contribution < -0.4 is 0 Å². The Morgan fingerprint density at radius 3 is 2.18 bits per heavy atom. The van der Waals surface area contributed by atoms with Gasteiger partial charge in [-0.05, 0) is 18.9 Å². The van der Waals surface area contributed by atoms with Gasteiger partial charge in [0.25, 0.3) is 0 Å². The van der Waals surface area contributed by atoms with E-state index in [1.165, 1.54) is 0 Å². The molecule has 0 fully saturated rings. The van der Waals surface area contributed by atoms with Crippen LogP contribution in [0.4, 0.5) is 0 Å². The minimum Gasteiger partial charge on any atom is -0.361 e. The summed E-state index contributed by atoms with van der Waals surface area (Å²) in [6.45, 7) is 8.08. The molecule has 1 unspecified atom stereocenters. The van der Waals surface area contributed by atoms with Gasteiger partial charge in [0.15, 0.2) is 0 Å². The number of ether oxygens (including phenoxy) is 1. The van der Waals surface area contributed by atoms with Crippen molar-refractivity contribution in [3.05, 3.63) is 60.7 Å². The first-order valence-electron chi connectivity index (χ1n) is 11.6. The van der Waals surface area contributed by atoms with E-state index in [2.05, 4.69) is 43.9 Å². The summed E-state index contributed by atoms with van der Waals surface area (Å²) >= 11 is 5.82. The summed E-state index contributed by atoms with van der Waals surface area (Å²) in [5.74, 6) is 1.22. The summed E-state index contributed by atoms with van der Waals surface area (Å²) in [5.41, 5.74) is 3.86. The molecule has 0 spiro atoms. The summed E-state index contributed by atoms with van der Waals surface area (Å²) in [6.07, 6.45) is 2.78. The highest BCUT2D eigenvalue weighted by Crippen LogP contribution is 2.34. The molecule has 0 aliphatic heterocycles. The summed E-state index contributed by atoms with van der Waals surface area (Å²) < 4.78 is 21.6. The molecule has 178 valence electrons. The predicted octanol–water partition coefficient (Wildman–Crippen LogP) is 7.05. The van der Waals surface area contributed by atoms with Gasteiger partial charge in [0.05, 0.1) is 22.2 Å². The van der Waals surface area contributed by atoms with Crippen LogP contribution in [0.2, 0.25) is 25.7 Å². The third-order valence-corrected chi connectivity index (χ3v) is 8.76. The Balaban J connectivity index is 2.01. The number of hydrogen-bond acceptors (Lipinski definition) is 3. The number of alkyl halides is 1. The van der Waals surface area contributed by atoms with Crippen LogP contribution in [0.15, 0.2) is 65.8 Å². The molecule has 3 rings (SSSR count). The van der Waals surface area contributed by atoms with Gasteiger partial charge in [0, 0.05) is 37.4 Å². The smallest absolute Gasteiger partial charge is 0.202 e. The standard InChI is InChI=1S/C26H35ClN2O2SSi/c1-33(2,3)20-18-31-21-29-25(23-15-9-5-10-16-23)24(22-13-7-4-8-14-22)28-26(29)32(30)19-12-6-11-17-27/h4-5,7-10,13-16H,6,11-12,17-21H2,1-3H3. The van der Waals surface area contributed by atoms with Crippen LogP contribution in [-0.2, 0) is 22.3 Å². The van der Waals surface area contributed by atoms with E-state index in [0.717, 1.165) is 47.8 Å². The van der Waals surface area contributed by atoms with Crippen molar-refractivity contribution in [3.63, 3.8) is 0 Å². The van der Waals surface area contributed by atoms with Crippen LogP contribution in [0.1, 0.15) is 19.3 Å². The molecule has 2 aromatic carbocycles. The molecule has 0 saturated heterocycles. The minimum atomic E-state index is -1.22. The molecule has 1 aromatic heterocycles. The van der Waals surface area contributed by atoms with E-state index in [0.29, 0.717) is 30.1 Å². The number of rotatable bonds is 13. The van der Waals surface area contributed by atoms with E-state index in [4.69, 9.17) is 21.3 Å². The summed E-state index contributed by atoms with van der Waals surface area (Å²) in [4.78, 5) is 4.95. The van der Waals surface area contributed by atoms with Gasteiger partial charge in [-0.25, -0.2) is 4.98 Å². The van der Waals surface area contributed by atoms with Crippen molar-refractivity contribution in [3.8, 4) is 22.5 Å². The Morgan fingerprint density at radius 1 is 0.939 bits per heavy atom. The van der Waals surface area contributed by atoms with Crippen LogP contribution in [0.25, 0.3) is 22.5 Å². The van der Waals surface area contributed by atoms with E-state index in [-0.39, 0.29) is 0 Å². The number of halogens is 1. The number of unbranched alkanes of at least 4 members (excludes halogenated alkanes) is 2. The Hall–Kier alpha value is -1.73. The second-order valence-corrected chi connectivity index (χ2v) is 16.9. The van der Waals surface area contributed by atoms with E-state index < -0.39 is 18.9 Å². The maximum absolute atomic E-state index is 13.4. The number of nitrogens with zero attached hydrogens (tertiary/aromatic N) is 2. The molecule has 0 aliphatic carbocycles. The topological polar surface area (TPSA) is 44.1 Å². The van der Waals surface area contributed by atoms with Gasteiger partial charge < -0.3 is 4.74 Å². The van der Waals surface area contributed by atoms with E-state index in [1.807, 2.05) is 41.0 Å². The third kappa shape index (κ3) is 7.64. The fourth-order valence-corrected chi connectivity index (χ4v) is 5.72. The highest BCUT2D eigenvalue weighted by molar-refractivity contribution is 7.84. The van der Waals surface area contributed by atoms with E-state index in [1.54, 1.807) is 0 Å². The van der Waals surface area contributed by atoms with Crippen molar-refractivity contribution in [1.82, 2.24) is 9.55 Å². The lowest BCUT2D eigenvalue weighted by atomic mass is 10.0. The first kappa shape index (κ1) is 25.9. The molecule has 0 N–H and O–H groups in total. The second kappa shape index (κ2) is 12.7. The molecule has 4 nitrogen and oxygen atoms in total. The van der Waals surface area contributed by atoms with Crippen molar-refractivity contribution in [2.24, 2.45) is 0 Å². The van der Waals surface area contributed by atoms with Crippen molar-refractivity contribution in [2.75, 3.05) is 18.2 Å². The minimum absolute atomic E-state index is 0.345. The first-order valence-corrected chi connectivity index (χ1v) is 17.2. The molecule has 3 aromatic rings. The van der Waals surface area contributed by atoms with E-state index in [9.17, 15) is 4.21 Å². The number of imidazole rings is 1. The Morgan fingerprint density at radius 2 is 1.58 bits per heavy atom. The molecule has 0 amide bonds. The Kier molecular flexibility index (Phi) is 9.92. The first-order chi connectivity index (χ1) is 15.9. The van der Waals surface area contributed by atoms with Gasteiger partial charge in [-0.15, -0.1) is 11.6 Å². The van der Waals surface area contributed by atoms with Crippen LogP contribution in [-0.4, -0.2) is 40.1 Å². The van der Waals surface area contributed by atoms with E-state index >= 15 is 0 Å². The SMILES string of the molecule is C[Si](C)(C)CCOCn1c(S(=O)CCCCCCl)nc(-c2ccccc2)c1-c1ccccc1. The fourth-order valence-electron chi connectivity index (χ4n) is 3.54. The number of benzene rings is 2. The molecule has 1 heterocycles. The largest absolute Gasteiger partial charge is 0.361 e. The van der Waals surface area contributed by atoms with Crippen molar-refractivity contribution in [2.45, 2.75) is 56.8 Å². The van der Waals surface area contributed by atoms with Gasteiger partial charge >= 0.3 is 0 Å². The quantitative estimate of drug-likeness (QED) is 0.143. The van der Waals surface area contributed by atoms with Crippen molar-refractivity contribution < 1.29 is 8.95 Å². The maximum Gasteiger partial charge on any atom is 0.202 e. The molecular formula is C26H35ClN2O2SSi. The summed E-state index contributed by atoms with van der Waals surface area (Å²) in [5, 5.41) is 0.589. The van der Waals surface area contributed by atoms with Gasteiger partial charge in [-0.1, -0.05) is 86.7 Å². The van der Waals surface area contributed by atoms with Crippen LogP contribution in [0, 0.1) is 0 Å². The molecule has 0 saturated carbocycles. The Bertz CT molecular complexity index is 1020. The van der Waals surface area contributed by atoms with Crippen molar-refractivity contribution >= 4 is 30.5 Å². The maximum atomic E-state index is 13.4. The lowest BCUT2D eigenvalue weighted by molar-refractivity contribution is 0.0823. The molecular weight excluding hydrogens is 468 g/mol. The van der Waals surface area contributed by atoms with Crippen LogP contribution >= 0.6 is 11.6 Å². The predicted molar refractivity (Wildman–Crippen MR) is 143 cm³/mol. The molecule has 7 heteroatoms. The average molecular weight is 503 g/mol. The highest BCUT2D eigenvalue weighted by atomic mass is 35.5. The number of hydrogen-bond donors (Lipinski definition) is 0. The average Bonchev–Trinajstić information content (AvgIpc) is 3.19. The van der Waals surface area contributed by atoms with Gasteiger partial charge in [0.1, 0.15) is 6.73 Å². The lowest BCUT2D eigenvalue weighted by Crippen LogP contribution is -2.22.